The Balaban J connectivity index is 1.76. The van der Waals surface area contributed by atoms with Crippen molar-refractivity contribution < 1.29 is 17.9 Å². The third-order valence-corrected chi connectivity index (χ3v) is 6.78. The van der Waals surface area contributed by atoms with Gasteiger partial charge in [0, 0.05) is 16.6 Å². The quantitative estimate of drug-likeness (QED) is 0.407. The SMILES string of the molecule is CCOc1ccc(S(=O)(=O)N[C@H](C)CCc2ccccc2)cc1NC(=O)c1cccc(Cl)c1. The fraction of sp³-hybridized carbons (Fsp3) is 0.240. The van der Waals surface area contributed by atoms with Crippen LogP contribution < -0.4 is 14.8 Å². The van der Waals surface area contributed by atoms with Crippen LogP contribution in [-0.2, 0) is 16.4 Å². The third kappa shape index (κ3) is 7.05. The van der Waals surface area contributed by atoms with E-state index < -0.39 is 15.9 Å². The Morgan fingerprint density at radius 2 is 1.79 bits per heavy atom. The van der Waals surface area contributed by atoms with Crippen LogP contribution in [0.15, 0.2) is 77.7 Å². The minimum atomic E-state index is -3.80. The summed E-state index contributed by atoms with van der Waals surface area (Å²) in [5, 5.41) is 3.16. The number of nitrogens with one attached hydrogen (secondary N) is 2. The molecule has 1 atom stereocenters. The average molecular weight is 487 g/mol. The van der Waals surface area contributed by atoms with Crippen LogP contribution in [-0.4, -0.2) is 27.0 Å². The van der Waals surface area contributed by atoms with Crippen molar-refractivity contribution in [3.05, 3.63) is 88.9 Å². The van der Waals surface area contributed by atoms with Crippen molar-refractivity contribution in [2.75, 3.05) is 11.9 Å². The zero-order valence-corrected chi connectivity index (χ0v) is 20.1. The molecule has 0 aromatic heterocycles. The van der Waals surface area contributed by atoms with E-state index in [1.165, 1.54) is 18.2 Å². The first-order chi connectivity index (χ1) is 15.8. The fourth-order valence-electron chi connectivity index (χ4n) is 3.30. The minimum Gasteiger partial charge on any atom is -0.492 e. The predicted molar refractivity (Wildman–Crippen MR) is 132 cm³/mol. The van der Waals surface area contributed by atoms with Gasteiger partial charge in [0.25, 0.3) is 5.91 Å². The number of benzene rings is 3. The van der Waals surface area contributed by atoms with Crippen LogP contribution in [0.5, 0.6) is 5.75 Å². The van der Waals surface area contributed by atoms with Gasteiger partial charge in [0.05, 0.1) is 17.2 Å². The molecule has 0 unspecified atom stereocenters. The second-order valence-electron chi connectivity index (χ2n) is 7.60. The van der Waals surface area contributed by atoms with Gasteiger partial charge in [-0.1, -0.05) is 48.0 Å². The van der Waals surface area contributed by atoms with E-state index in [0.29, 0.717) is 29.4 Å². The lowest BCUT2D eigenvalue weighted by atomic mass is 10.1. The highest BCUT2D eigenvalue weighted by Crippen LogP contribution is 2.29. The van der Waals surface area contributed by atoms with Crippen LogP contribution in [0.1, 0.15) is 36.2 Å². The van der Waals surface area contributed by atoms with Crippen molar-refractivity contribution in [1.29, 1.82) is 0 Å². The summed E-state index contributed by atoms with van der Waals surface area (Å²) in [5.74, 6) is -0.0406. The molecule has 0 saturated carbocycles. The maximum atomic E-state index is 13.0. The van der Waals surface area contributed by atoms with Gasteiger partial charge < -0.3 is 10.1 Å². The summed E-state index contributed by atoms with van der Waals surface area (Å²) in [6, 6.07) is 20.5. The Morgan fingerprint density at radius 1 is 1.03 bits per heavy atom. The molecule has 0 aliphatic rings. The summed E-state index contributed by atoms with van der Waals surface area (Å²) < 4.78 is 34.3. The van der Waals surface area contributed by atoms with Crippen molar-refractivity contribution >= 4 is 33.2 Å². The Bertz CT molecular complexity index is 1200. The summed E-state index contributed by atoms with van der Waals surface area (Å²) >= 11 is 5.98. The zero-order chi connectivity index (χ0) is 23.8. The van der Waals surface area contributed by atoms with Gasteiger partial charge in [-0.3, -0.25) is 4.79 Å². The normalized spacial score (nSPS) is 12.2. The van der Waals surface area contributed by atoms with Crippen molar-refractivity contribution in [3.8, 4) is 5.75 Å². The topological polar surface area (TPSA) is 84.5 Å². The lowest BCUT2D eigenvalue weighted by Gasteiger charge is -2.17. The number of hydrogen-bond acceptors (Lipinski definition) is 4. The molecule has 0 bridgehead atoms. The standard InChI is InChI=1S/C25H27ClN2O4S/c1-3-32-24-15-14-22(17-23(24)27-25(29)20-10-7-11-21(26)16-20)33(30,31)28-18(2)12-13-19-8-5-4-6-9-19/h4-11,14-18,28H,3,12-13H2,1-2H3,(H,27,29)/t18-/m1/s1. The van der Waals surface area contributed by atoms with Crippen LogP contribution in [0.25, 0.3) is 0 Å². The van der Waals surface area contributed by atoms with Crippen molar-refractivity contribution in [3.63, 3.8) is 0 Å². The molecule has 8 heteroatoms. The molecule has 0 radical (unpaired) electrons. The van der Waals surface area contributed by atoms with Gasteiger partial charge in [-0.2, -0.15) is 0 Å². The molecular weight excluding hydrogens is 460 g/mol. The van der Waals surface area contributed by atoms with E-state index in [4.69, 9.17) is 16.3 Å². The molecule has 0 spiro atoms. The minimum absolute atomic E-state index is 0.0407. The van der Waals surface area contributed by atoms with Gasteiger partial charge in [-0.25, -0.2) is 13.1 Å². The summed E-state index contributed by atoms with van der Waals surface area (Å²) in [6.45, 7) is 4.00. The van der Waals surface area contributed by atoms with E-state index in [1.54, 1.807) is 24.3 Å². The first kappa shape index (κ1) is 24.8. The number of hydrogen-bond donors (Lipinski definition) is 2. The number of carbonyl (C=O) groups is 1. The molecule has 1 amide bonds. The molecule has 6 nitrogen and oxygen atoms in total. The summed E-state index contributed by atoms with van der Waals surface area (Å²) in [7, 11) is -3.80. The Hall–Kier alpha value is -2.87. The first-order valence-electron chi connectivity index (χ1n) is 10.7. The molecular formula is C25H27ClN2O4S. The zero-order valence-electron chi connectivity index (χ0n) is 18.5. The number of anilines is 1. The summed E-state index contributed by atoms with van der Waals surface area (Å²) in [5.41, 5.74) is 1.77. The highest BCUT2D eigenvalue weighted by atomic mass is 35.5. The second kappa shape index (κ2) is 11.3. The fourth-order valence-corrected chi connectivity index (χ4v) is 4.79. The molecule has 0 aliphatic heterocycles. The maximum Gasteiger partial charge on any atom is 0.255 e. The Labute approximate surface area is 200 Å². The largest absolute Gasteiger partial charge is 0.492 e. The molecule has 3 aromatic rings. The van der Waals surface area contributed by atoms with E-state index >= 15 is 0 Å². The number of sulfonamides is 1. The molecule has 2 N–H and O–H groups in total. The van der Waals surface area contributed by atoms with E-state index in [-0.39, 0.29) is 16.6 Å². The molecule has 0 fully saturated rings. The van der Waals surface area contributed by atoms with Crippen molar-refractivity contribution in [1.82, 2.24) is 4.72 Å². The van der Waals surface area contributed by atoms with Crippen LogP contribution in [0.2, 0.25) is 5.02 Å². The molecule has 3 rings (SSSR count). The van der Waals surface area contributed by atoms with E-state index in [1.807, 2.05) is 44.2 Å². The van der Waals surface area contributed by atoms with Gasteiger partial charge in [0.1, 0.15) is 5.75 Å². The molecule has 33 heavy (non-hydrogen) atoms. The molecule has 174 valence electrons. The van der Waals surface area contributed by atoms with Gasteiger partial charge >= 0.3 is 0 Å². The number of aryl methyl sites for hydroxylation is 1. The van der Waals surface area contributed by atoms with E-state index in [9.17, 15) is 13.2 Å². The molecule has 0 heterocycles. The number of ether oxygens (including phenoxy) is 1. The van der Waals surface area contributed by atoms with Gasteiger partial charge in [-0.05, 0) is 68.7 Å². The van der Waals surface area contributed by atoms with E-state index in [2.05, 4.69) is 10.0 Å². The molecule has 0 saturated heterocycles. The van der Waals surface area contributed by atoms with Crippen molar-refractivity contribution in [2.45, 2.75) is 37.6 Å². The predicted octanol–water partition coefficient (Wildman–Crippen LogP) is 5.29. The summed E-state index contributed by atoms with van der Waals surface area (Å²) in [6.07, 6.45) is 1.41. The average Bonchev–Trinajstić information content (AvgIpc) is 2.79. The van der Waals surface area contributed by atoms with Crippen LogP contribution in [0, 0.1) is 0 Å². The van der Waals surface area contributed by atoms with Crippen LogP contribution >= 0.6 is 11.6 Å². The molecule has 3 aromatic carbocycles. The van der Waals surface area contributed by atoms with Crippen molar-refractivity contribution in [2.24, 2.45) is 0 Å². The lowest BCUT2D eigenvalue weighted by molar-refractivity contribution is 0.102. The first-order valence-corrected chi connectivity index (χ1v) is 12.5. The highest BCUT2D eigenvalue weighted by Gasteiger charge is 2.20. The molecule has 0 aliphatic carbocycles. The number of rotatable bonds is 10. The third-order valence-electron chi connectivity index (χ3n) is 4.96. The van der Waals surface area contributed by atoms with Crippen LogP contribution in [0.4, 0.5) is 5.69 Å². The Morgan fingerprint density at radius 3 is 2.48 bits per heavy atom. The van der Waals surface area contributed by atoms with E-state index in [0.717, 1.165) is 12.0 Å². The van der Waals surface area contributed by atoms with Crippen LogP contribution in [0.3, 0.4) is 0 Å². The van der Waals surface area contributed by atoms with Gasteiger partial charge in [0.15, 0.2) is 0 Å². The monoisotopic (exact) mass is 486 g/mol. The second-order valence-corrected chi connectivity index (χ2v) is 9.75. The Kier molecular flexibility index (Phi) is 8.49. The number of amides is 1. The number of halogens is 1. The van der Waals surface area contributed by atoms with Gasteiger partial charge in [-0.15, -0.1) is 0 Å². The lowest BCUT2D eigenvalue weighted by Crippen LogP contribution is -2.33. The summed E-state index contributed by atoms with van der Waals surface area (Å²) in [4.78, 5) is 12.7. The number of carbonyl (C=O) groups excluding carboxylic acids is 1. The highest BCUT2D eigenvalue weighted by molar-refractivity contribution is 7.89. The smallest absolute Gasteiger partial charge is 0.255 e. The van der Waals surface area contributed by atoms with Gasteiger partial charge in [0.2, 0.25) is 10.0 Å². The maximum absolute atomic E-state index is 13.0.